The minimum atomic E-state index is -0.478. The van der Waals surface area contributed by atoms with Crippen molar-refractivity contribution in [1.29, 1.82) is 0 Å². The van der Waals surface area contributed by atoms with E-state index in [2.05, 4.69) is 270 Å². The van der Waals surface area contributed by atoms with Crippen molar-refractivity contribution in [3.63, 3.8) is 0 Å². The minimum Gasteiger partial charge on any atom is -0.311 e. The summed E-state index contributed by atoms with van der Waals surface area (Å²) in [6, 6.07) is 76.8. The van der Waals surface area contributed by atoms with Crippen LogP contribution in [-0.4, -0.2) is 6.71 Å². The molecule has 1 aromatic heterocycles. The zero-order valence-electron chi connectivity index (χ0n) is 42.0. The number of fused-ring (bicyclic) bond motifs is 15. The maximum Gasteiger partial charge on any atom is 0.264 e. The zero-order chi connectivity index (χ0) is 48.8. The molecule has 0 saturated carbocycles. The number of aryl methyl sites for hydroxylation is 2. The topological polar surface area (TPSA) is 6.48 Å². The molecule has 2 nitrogen and oxygen atoms in total. The summed E-state index contributed by atoms with van der Waals surface area (Å²) in [7, 11) is 0. The summed E-state index contributed by atoms with van der Waals surface area (Å²) >= 11 is 2.07. The van der Waals surface area contributed by atoms with Crippen LogP contribution >= 0.6 is 11.3 Å². The van der Waals surface area contributed by atoms with Crippen LogP contribution in [0.2, 0.25) is 0 Å². The average molecular weight is 943 g/mol. The van der Waals surface area contributed by atoms with Crippen LogP contribution in [0.25, 0.3) is 44.5 Å². The lowest BCUT2D eigenvalue weighted by Crippen LogP contribution is -2.60. The molecule has 2 aliphatic carbocycles. The van der Waals surface area contributed by atoms with Gasteiger partial charge in [0.15, 0.2) is 0 Å². The molecule has 0 saturated heterocycles. The van der Waals surface area contributed by atoms with Crippen LogP contribution < -0.4 is 25.5 Å². The first-order valence-corrected chi connectivity index (χ1v) is 26.5. The highest BCUT2D eigenvalue weighted by Gasteiger charge is 2.57. The van der Waals surface area contributed by atoms with E-state index in [4.69, 9.17) is 0 Å². The van der Waals surface area contributed by atoms with Gasteiger partial charge < -0.3 is 9.80 Å². The second-order valence-electron chi connectivity index (χ2n) is 22.0. The molecule has 0 bridgehead atoms. The molecule has 72 heavy (non-hydrogen) atoms. The van der Waals surface area contributed by atoms with Crippen molar-refractivity contribution in [3.8, 4) is 44.5 Å². The van der Waals surface area contributed by atoms with E-state index in [1.807, 2.05) is 0 Å². The zero-order valence-corrected chi connectivity index (χ0v) is 42.8. The van der Waals surface area contributed by atoms with E-state index >= 15 is 0 Å². The third kappa shape index (κ3) is 6.02. The molecular weight excluding hydrogens is 888 g/mol. The molecule has 4 aliphatic rings. The van der Waals surface area contributed by atoms with Gasteiger partial charge in [-0.05, 0) is 151 Å². The van der Waals surface area contributed by atoms with Crippen LogP contribution in [0.5, 0.6) is 0 Å². The first-order chi connectivity index (χ1) is 35.0. The molecule has 0 radical (unpaired) electrons. The Morgan fingerprint density at radius 3 is 1.72 bits per heavy atom. The molecule has 0 fully saturated rings. The number of nitrogens with zero attached hydrogens (tertiary/aromatic N) is 2. The smallest absolute Gasteiger partial charge is 0.264 e. The Balaban J connectivity index is 1.11. The van der Waals surface area contributed by atoms with Gasteiger partial charge in [-0.15, -0.1) is 11.3 Å². The monoisotopic (exact) mass is 942 g/mol. The molecule has 0 N–H and O–H groups in total. The molecule has 0 atom stereocenters. The van der Waals surface area contributed by atoms with E-state index in [1.165, 1.54) is 132 Å². The minimum absolute atomic E-state index is 0.0181. The van der Waals surface area contributed by atoms with Gasteiger partial charge in [0.1, 0.15) is 0 Å². The van der Waals surface area contributed by atoms with Crippen LogP contribution in [0.15, 0.2) is 200 Å². The van der Waals surface area contributed by atoms with E-state index in [9.17, 15) is 0 Å². The molecule has 3 heterocycles. The number of rotatable bonds is 5. The first-order valence-electron chi connectivity index (χ1n) is 25.7. The third-order valence-corrected chi connectivity index (χ3v) is 17.7. The maximum absolute atomic E-state index is 2.67. The summed E-state index contributed by atoms with van der Waals surface area (Å²) < 4.78 is 1.40. The van der Waals surface area contributed by atoms with Crippen LogP contribution in [0.4, 0.5) is 34.1 Å². The Kier molecular flexibility index (Phi) is 9.39. The lowest BCUT2D eigenvalue weighted by molar-refractivity contribution is 0.590. The predicted molar refractivity (Wildman–Crippen MR) is 308 cm³/mol. The van der Waals surface area contributed by atoms with Gasteiger partial charge in [0.2, 0.25) is 0 Å². The van der Waals surface area contributed by atoms with Gasteiger partial charge >= 0.3 is 0 Å². The Morgan fingerprint density at radius 2 is 1.07 bits per heavy atom. The normalized spacial score (nSPS) is 14.2. The summed E-state index contributed by atoms with van der Waals surface area (Å²) in [5.74, 6) is 0.387. The Hall–Kier alpha value is -7.66. The van der Waals surface area contributed by atoms with Crippen LogP contribution in [0, 0.1) is 13.8 Å². The van der Waals surface area contributed by atoms with E-state index in [0.717, 1.165) is 5.69 Å². The summed E-state index contributed by atoms with van der Waals surface area (Å²) in [4.78, 5) is 6.68. The largest absolute Gasteiger partial charge is 0.311 e. The lowest BCUT2D eigenvalue weighted by atomic mass is 9.36. The molecule has 9 aromatic carbocycles. The molecule has 0 amide bonds. The molecule has 4 heteroatoms. The van der Waals surface area contributed by atoms with Crippen molar-refractivity contribution in [2.24, 2.45) is 0 Å². The quantitative estimate of drug-likeness (QED) is 0.159. The van der Waals surface area contributed by atoms with E-state index in [-0.39, 0.29) is 12.1 Å². The molecule has 346 valence electrons. The standard InChI is InChI=1S/C68H55BN2S/c1-41(2)45-27-35-54-57(39-45)68(55-23-15-13-21-52(55)53-22-14-16-24-56(53)68)65-62(54)64-66(72-65)69-58-36-28-46(51-20-12-11-19-50(51)44-17-9-8-10-18-44)40-59(58)70(48-31-25-42(3)26-32-48)60-37-43(4)38-61(63(60)69)71(64)49-33-29-47(30-34-49)67(5,6)7/h8-41H,1-7H3. The first kappa shape index (κ1) is 43.2. The molecule has 14 rings (SSSR count). The van der Waals surface area contributed by atoms with Gasteiger partial charge in [-0.3, -0.25) is 0 Å². The maximum atomic E-state index is 2.67. The summed E-state index contributed by atoms with van der Waals surface area (Å²) in [6.07, 6.45) is 0. The SMILES string of the molecule is Cc1ccc(N2c3cc(-c4ccccc4-c4ccccc4)ccc3B3c4sc5c(c4N(c4ccc(C(C)(C)C)cc4)c4cc(C)cc2c43)-c2ccc(C(C)C)cc2C52c3ccccc3-c3ccccc32)cc1. The molecule has 1 spiro atoms. The van der Waals surface area contributed by atoms with Crippen LogP contribution in [0.3, 0.4) is 0 Å². The van der Waals surface area contributed by atoms with Crippen molar-refractivity contribution in [1.82, 2.24) is 0 Å². The fourth-order valence-corrected chi connectivity index (χ4v) is 14.6. The number of hydrogen-bond acceptors (Lipinski definition) is 3. The van der Waals surface area contributed by atoms with Gasteiger partial charge in [0.05, 0.1) is 11.1 Å². The summed E-state index contributed by atoms with van der Waals surface area (Å²) in [5, 5.41) is 0. The Labute approximate surface area is 429 Å². The molecule has 2 aliphatic heterocycles. The molecule has 10 aromatic rings. The van der Waals surface area contributed by atoms with Crippen molar-refractivity contribution in [2.45, 2.75) is 65.2 Å². The second kappa shape index (κ2) is 15.7. The Bertz CT molecular complexity index is 3810. The van der Waals surface area contributed by atoms with Crippen molar-refractivity contribution < 1.29 is 0 Å². The highest BCUT2D eigenvalue weighted by Crippen LogP contribution is 2.67. The number of benzene rings is 9. The molecular formula is C68H55BN2S. The van der Waals surface area contributed by atoms with E-state index < -0.39 is 5.41 Å². The van der Waals surface area contributed by atoms with Crippen molar-refractivity contribution in [3.05, 3.63) is 244 Å². The summed E-state index contributed by atoms with van der Waals surface area (Å²) in [6.45, 7) is 16.1. The van der Waals surface area contributed by atoms with Crippen LogP contribution in [-0.2, 0) is 10.8 Å². The van der Waals surface area contributed by atoms with Gasteiger partial charge in [0, 0.05) is 43.7 Å². The predicted octanol–water partition coefficient (Wildman–Crippen LogP) is 16.5. The van der Waals surface area contributed by atoms with Crippen molar-refractivity contribution in [2.75, 3.05) is 9.80 Å². The fourth-order valence-electron chi connectivity index (χ4n) is 12.9. The third-order valence-electron chi connectivity index (χ3n) is 16.3. The Morgan fingerprint density at radius 1 is 0.486 bits per heavy atom. The second-order valence-corrected chi connectivity index (χ2v) is 23.0. The highest BCUT2D eigenvalue weighted by atomic mass is 32.1. The van der Waals surface area contributed by atoms with E-state index in [1.54, 1.807) is 0 Å². The lowest BCUT2D eigenvalue weighted by Gasteiger charge is -2.44. The average Bonchev–Trinajstić information content (AvgIpc) is 4.02. The number of hydrogen-bond donors (Lipinski definition) is 0. The van der Waals surface area contributed by atoms with Gasteiger partial charge in [0.25, 0.3) is 6.71 Å². The van der Waals surface area contributed by atoms with Crippen molar-refractivity contribution >= 4 is 67.9 Å². The van der Waals surface area contributed by atoms with Gasteiger partial charge in [-0.2, -0.15) is 0 Å². The fraction of sp³-hybridized carbons (Fsp3) is 0.147. The number of anilines is 6. The highest BCUT2D eigenvalue weighted by molar-refractivity contribution is 7.30. The molecule has 0 unspecified atom stereocenters. The van der Waals surface area contributed by atoms with E-state index in [0.29, 0.717) is 5.92 Å². The van der Waals surface area contributed by atoms with Gasteiger partial charge in [-0.25, -0.2) is 0 Å². The van der Waals surface area contributed by atoms with Gasteiger partial charge in [-0.1, -0.05) is 198 Å². The summed E-state index contributed by atoms with van der Waals surface area (Å²) in [5.41, 5.74) is 29.3. The number of thiophene rings is 1. The van der Waals surface area contributed by atoms with Crippen LogP contribution in [0.1, 0.15) is 84.4 Å².